The molecule has 1 N–H and O–H groups in total. The monoisotopic (exact) mass is 289 g/mol. The topological polar surface area (TPSA) is 52.7 Å². The molecule has 0 aliphatic carbocycles. The summed E-state index contributed by atoms with van der Waals surface area (Å²) >= 11 is 0. The van der Waals surface area contributed by atoms with E-state index in [9.17, 15) is 8.42 Å². The summed E-state index contributed by atoms with van der Waals surface area (Å²) in [7, 11) is -1.36. The third-order valence-electron chi connectivity index (χ3n) is 4.47. The van der Waals surface area contributed by atoms with Crippen LogP contribution in [0.1, 0.15) is 45.4 Å². The van der Waals surface area contributed by atoms with E-state index in [1.54, 1.807) is 8.61 Å². The van der Waals surface area contributed by atoms with Crippen molar-refractivity contribution in [1.29, 1.82) is 0 Å². The molecule has 2 unspecified atom stereocenters. The molecule has 6 heteroatoms. The first-order valence-corrected chi connectivity index (χ1v) is 8.91. The predicted octanol–water partition coefficient (Wildman–Crippen LogP) is 1.18. The van der Waals surface area contributed by atoms with E-state index in [1.807, 2.05) is 7.05 Å². The Bertz CT molecular complexity index is 379. The minimum absolute atomic E-state index is 0.102. The maximum Gasteiger partial charge on any atom is 0.282 e. The summed E-state index contributed by atoms with van der Waals surface area (Å²) in [6.07, 6.45) is 6.23. The zero-order valence-corrected chi connectivity index (χ0v) is 13.0. The Kier molecular flexibility index (Phi) is 5.22. The summed E-state index contributed by atoms with van der Waals surface area (Å²) in [5.41, 5.74) is 0. The lowest BCUT2D eigenvalue weighted by molar-refractivity contribution is 0.194. The van der Waals surface area contributed by atoms with Crippen LogP contribution >= 0.6 is 0 Å². The quantitative estimate of drug-likeness (QED) is 0.845. The Morgan fingerprint density at radius 3 is 2.32 bits per heavy atom. The SMILES string of the molecule is CNC(C)C1CCCCN1S(=O)(=O)N1CCCCC1. The van der Waals surface area contributed by atoms with Gasteiger partial charge in [0.15, 0.2) is 0 Å². The number of hydrogen-bond acceptors (Lipinski definition) is 3. The first-order chi connectivity index (χ1) is 9.07. The normalized spacial score (nSPS) is 29.3. The summed E-state index contributed by atoms with van der Waals surface area (Å²) in [6.45, 7) is 4.14. The Morgan fingerprint density at radius 2 is 1.68 bits per heavy atom. The van der Waals surface area contributed by atoms with Crippen LogP contribution in [0.4, 0.5) is 0 Å². The lowest BCUT2D eigenvalue weighted by Crippen LogP contribution is -2.56. The van der Waals surface area contributed by atoms with Crippen LogP contribution in [0.2, 0.25) is 0 Å². The van der Waals surface area contributed by atoms with Gasteiger partial charge in [-0.1, -0.05) is 12.8 Å². The summed E-state index contributed by atoms with van der Waals surface area (Å²) in [5, 5.41) is 3.22. The number of rotatable bonds is 4. The van der Waals surface area contributed by atoms with Gasteiger partial charge < -0.3 is 5.32 Å². The van der Waals surface area contributed by atoms with Gasteiger partial charge >= 0.3 is 0 Å². The van der Waals surface area contributed by atoms with Gasteiger partial charge in [0.05, 0.1) is 0 Å². The number of hydrogen-bond donors (Lipinski definition) is 1. The molecule has 112 valence electrons. The second-order valence-corrected chi connectivity index (χ2v) is 7.60. The molecule has 2 atom stereocenters. The Morgan fingerprint density at radius 1 is 1.05 bits per heavy atom. The van der Waals surface area contributed by atoms with Gasteiger partial charge in [0.2, 0.25) is 0 Å². The van der Waals surface area contributed by atoms with Gasteiger partial charge in [-0.3, -0.25) is 0 Å². The van der Waals surface area contributed by atoms with E-state index in [-0.39, 0.29) is 12.1 Å². The van der Waals surface area contributed by atoms with Crippen molar-refractivity contribution in [3.05, 3.63) is 0 Å². The van der Waals surface area contributed by atoms with Crippen molar-refractivity contribution in [2.75, 3.05) is 26.7 Å². The van der Waals surface area contributed by atoms with Crippen LogP contribution in [0, 0.1) is 0 Å². The summed E-state index contributed by atoms with van der Waals surface area (Å²) in [4.78, 5) is 0. The van der Waals surface area contributed by atoms with Crippen LogP contribution in [-0.4, -0.2) is 55.8 Å². The van der Waals surface area contributed by atoms with E-state index < -0.39 is 10.2 Å². The molecule has 0 spiro atoms. The highest BCUT2D eigenvalue weighted by molar-refractivity contribution is 7.86. The molecule has 0 aromatic carbocycles. The van der Waals surface area contributed by atoms with Crippen LogP contribution in [0.3, 0.4) is 0 Å². The van der Waals surface area contributed by atoms with Crippen LogP contribution in [0.5, 0.6) is 0 Å². The molecule has 0 amide bonds. The van der Waals surface area contributed by atoms with Gasteiger partial charge in [-0.05, 0) is 39.7 Å². The van der Waals surface area contributed by atoms with Gasteiger partial charge in [-0.2, -0.15) is 17.0 Å². The Balaban J connectivity index is 2.15. The largest absolute Gasteiger partial charge is 0.316 e. The molecule has 2 fully saturated rings. The fourth-order valence-electron chi connectivity index (χ4n) is 3.15. The zero-order chi connectivity index (χ0) is 13.9. The molecule has 0 aromatic heterocycles. The molecule has 0 bridgehead atoms. The lowest BCUT2D eigenvalue weighted by Gasteiger charge is -2.41. The average Bonchev–Trinajstić information content (AvgIpc) is 2.47. The molecule has 0 radical (unpaired) electrons. The zero-order valence-electron chi connectivity index (χ0n) is 12.1. The lowest BCUT2D eigenvalue weighted by atomic mass is 9.99. The minimum atomic E-state index is -3.26. The highest BCUT2D eigenvalue weighted by Crippen LogP contribution is 2.26. The average molecular weight is 289 g/mol. The highest BCUT2D eigenvalue weighted by atomic mass is 32.2. The molecule has 5 nitrogen and oxygen atoms in total. The molecule has 0 saturated carbocycles. The molecule has 2 saturated heterocycles. The smallest absolute Gasteiger partial charge is 0.282 e. The van der Waals surface area contributed by atoms with E-state index in [4.69, 9.17) is 0 Å². The van der Waals surface area contributed by atoms with Crippen LogP contribution in [0.25, 0.3) is 0 Å². The molecule has 2 heterocycles. The number of piperidine rings is 2. The van der Waals surface area contributed by atoms with E-state index in [1.165, 1.54) is 0 Å². The molecular formula is C13H27N3O2S. The molecule has 2 aliphatic rings. The number of nitrogens with one attached hydrogen (secondary N) is 1. The fourth-order valence-corrected chi connectivity index (χ4v) is 5.16. The van der Waals surface area contributed by atoms with E-state index in [2.05, 4.69) is 12.2 Å². The van der Waals surface area contributed by atoms with Crippen LogP contribution < -0.4 is 5.32 Å². The third kappa shape index (κ3) is 3.29. The molecular weight excluding hydrogens is 262 g/mol. The standard InChI is InChI=1S/C13H27N3O2S/c1-12(14-2)13-8-4-7-11-16(13)19(17,18)15-9-5-3-6-10-15/h12-14H,3-11H2,1-2H3. The van der Waals surface area contributed by atoms with Gasteiger partial charge in [0.1, 0.15) is 0 Å². The van der Waals surface area contributed by atoms with Crippen LogP contribution in [0.15, 0.2) is 0 Å². The minimum Gasteiger partial charge on any atom is -0.316 e. The highest BCUT2D eigenvalue weighted by Gasteiger charge is 2.38. The third-order valence-corrected chi connectivity index (χ3v) is 6.53. The van der Waals surface area contributed by atoms with Gasteiger partial charge in [-0.15, -0.1) is 0 Å². The Hall–Kier alpha value is -0.170. The second-order valence-electron chi connectivity index (χ2n) is 5.72. The predicted molar refractivity (Wildman–Crippen MR) is 77.2 cm³/mol. The first kappa shape index (κ1) is 15.2. The van der Waals surface area contributed by atoms with Gasteiger partial charge in [0.25, 0.3) is 10.2 Å². The van der Waals surface area contributed by atoms with E-state index >= 15 is 0 Å². The maximum atomic E-state index is 12.8. The van der Waals surface area contributed by atoms with Crippen molar-refractivity contribution in [1.82, 2.24) is 13.9 Å². The fraction of sp³-hybridized carbons (Fsp3) is 1.00. The second kappa shape index (κ2) is 6.52. The van der Waals surface area contributed by atoms with E-state index in [0.717, 1.165) is 38.5 Å². The van der Waals surface area contributed by atoms with E-state index in [0.29, 0.717) is 19.6 Å². The number of nitrogens with zero attached hydrogens (tertiary/aromatic N) is 2. The summed E-state index contributed by atoms with van der Waals surface area (Å²) in [5.74, 6) is 0. The van der Waals surface area contributed by atoms with Crippen molar-refractivity contribution in [3.8, 4) is 0 Å². The van der Waals surface area contributed by atoms with Crippen molar-refractivity contribution in [2.24, 2.45) is 0 Å². The number of likely N-dealkylation sites (N-methyl/N-ethyl adjacent to an activating group) is 1. The van der Waals surface area contributed by atoms with Crippen molar-refractivity contribution in [2.45, 2.75) is 57.5 Å². The Labute approximate surface area is 117 Å². The first-order valence-electron chi connectivity index (χ1n) is 7.51. The summed E-state index contributed by atoms with van der Waals surface area (Å²) < 4.78 is 29.0. The van der Waals surface area contributed by atoms with Gasteiger partial charge in [-0.25, -0.2) is 0 Å². The maximum absolute atomic E-state index is 12.8. The van der Waals surface area contributed by atoms with Crippen LogP contribution in [-0.2, 0) is 10.2 Å². The molecule has 19 heavy (non-hydrogen) atoms. The van der Waals surface area contributed by atoms with Crippen molar-refractivity contribution < 1.29 is 8.42 Å². The van der Waals surface area contributed by atoms with Gasteiger partial charge in [0, 0.05) is 31.7 Å². The summed E-state index contributed by atoms with van der Waals surface area (Å²) in [6, 6.07) is 0.311. The molecule has 2 rings (SSSR count). The van der Waals surface area contributed by atoms with Crippen molar-refractivity contribution in [3.63, 3.8) is 0 Å². The van der Waals surface area contributed by atoms with Crippen molar-refractivity contribution >= 4 is 10.2 Å². The molecule has 0 aromatic rings. The molecule has 2 aliphatic heterocycles.